The zero-order valence-electron chi connectivity index (χ0n) is 20.8. The SMILES string of the molecule is CC(=O)[C@]1(O)Cc2c(O)c3c(c(O)c2[C@@H](OC2CC(N)C(O)C(C)O2)C1)C(=O)c1c(CO)cccc1C3=O. The molecule has 38 heavy (non-hydrogen) atoms. The van der Waals surface area contributed by atoms with Gasteiger partial charge < -0.3 is 40.7 Å². The molecule has 0 aromatic heterocycles. The number of fused-ring (bicyclic) bond motifs is 3. The molecule has 2 aromatic carbocycles. The molecule has 7 N–H and O–H groups in total. The van der Waals surface area contributed by atoms with Crippen molar-refractivity contribution in [1.82, 2.24) is 0 Å². The van der Waals surface area contributed by atoms with Crippen molar-refractivity contribution >= 4 is 17.3 Å². The van der Waals surface area contributed by atoms with Crippen molar-refractivity contribution in [3.8, 4) is 11.5 Å². The number of rotatable bonds is 4. The van der Waals surface area contributed by atoms with Crippen molar-refractivity contribution in [3.05, 3.63) is 57.1 Å². The van der Waals surface area contributed by atoms with Crippen LogP contribution in [0.3, 0.4) is 0 Å². The fourth-order valence-electron chi connectivity index (χ4n) is 5.72. The van der Waals surface area contributed by atoms with Crippen LogP contribution in [0.1, 0.15) is 81.3 Å². The minimum Gasteiger partial charge on any atom is -0.507 e. The van der Waals surface area contributed by atoms with E-state index in [1.54, 1.807) is 6.92 Å². The number of carbonyl (C=O) groups is 3. The van der Waals surface area contributed by atoms with Gasteiger partial charge in [-0.05, 0) is 19.4 Å². The monoisotopic (exact) mass is 527 g/mol. The van der Waals surface area contributed by atoms with Gasteiger partial charge in [0.15, 0.2) is 23.6 Å². The standard InChI is InChI=1S/C27H29NO10/c1-10-22(31)15(28)6-17(37-10)38-16-8-27(36,11(2)30)7-14-19(16)26(35)21-20(24(14)33)23(32)13-5-3-4-12(9-29)18(13)25(21)34/h3-5,10,15-17,22,29,31,33,35-36H,6-9,28H2,1-2H3/t10?,15?,16-,17?,22?,27-/m0/s1. The van der Waals surface area contributed by atoms with Crippen LogP contribution in [0.15, 0.2) is 18.2 Å². The highest BCUT2D eigenvalue weighted by molar-refractivity contribution is 6.31. The lowest BCUT2D eigenvalue weighted by Crippen LogP contribution is -2.52. The molecule has 3 aliphatic rings. The smallest absolute Gasteiger partial charge is 0.198 e. The van der Waals surface area contributed by atoms with E-state index in [1.807, 2.05) is 0 Å². The Morgan fingerprint density at radius 2 is 1.84 bits per heavy atom. The van der Waals surface area contributed by atoms with Crippen LogP contribution in [0, 0.1) is 0 Å². The first-order chi connectivity index (χ1) is 17.9. The molecule has 0 radical (unpaired) electrons. The highest BCUT2D eigenvalue weighted by atomic mass is 16.7. The highest BCUT2D eigenvalue weighted by Crippen LogP contribution is 2.52. The first-order valence-electron chi connectivity index (χ1n) is 12.3. The molecule has 1 aliphatic heterocycles. The van der Waals surface area contributed by atoms with Crippen molar-refractivity contribution in [1.29, 1.82) is 0 Å². The van der Waals surface area contributed by atoms with E-state index in [4.69, 9.17) is 15.2 Å². The Labute approximate surface area is 217 Å². The molecule has 11 heteroatoms. The number of aliphatic hydroxyl groups excluding tert-OH is 2. The average Bonchev–Trinajstić information content (AvgIpc) is 2.87. The van der Waals surface area contributed by atoms with Crippen molar-refractivity contribution in [2.24, 2.45) is 5.73 Å². The molecule has 0 bridgehead atoms. The Bertz CT molecular complexity index is 1360. The predicted octanol–water partition coefficient (Wildman–Crippen LogP) is 0.513. The largest absolute Gasteiger partial charge is 0.507 e. The van der Waals surface area contributed by atoms with Gasteiger partial charge in [0.1, 0.15) is 17.1 Å². The number of aliphatic hydroxyl groups is 3. The van der Waals surface area contributed by atoms with E-state index < -0.39 is 89.2 Å². The lowest BCUT2D eigenvalue weighted by atomic mass is 9.71. The second-order valence-electron chi connectivity index (χ2n) is 10.2. The maximum atomic E-state index is 13.6. The van der Waals surface area contributed by atoms with Gasteiger partial charge >= 0.3 is 0 Å². The fraction of sp³-hybridized carbons (Fsp3) is 0.444. The van der Waals surface area contributed by atoms with Gasteiger partial charge in [-0.25, -0.2) is 0 Å². The van der Waals surface area contributed by atoms with Crippen LogP contribution in [-0.2, 0) is 27.3 Å². The summed E-state index contributed by atoms with van der Waals surface area (Å²) >= 11 is 0. The maximum Gasteiger partial charge on any atom is 0.198 e. The van der Waals surface area contributed by atoms with Crippen LogP contribution in [0.25, 0.3) is 0 Å². The van der Waals surface area contributed by atoms with Crippen molar-refractivity contribution in [2.45, 2.75) is 76.0 Å². The molecule has 11 nitrogen and oxygen atoms in total. The lowest BCUT2D eigenvalue weighted by molar-refractivity contribution is -0.247. The molecule has 0 amide bonds. The van der Waals surface area contributed by atoms with Gasteiger partial charge in [0, 0.05) is 47.6 Å². The van der Waals surface area contributed by atoms with Crippen molar-refractivity contribution in [2.75, 3.05) is 0 Å². The fourth-order valence-corrected chi connectivity index (χ4v) is 5.72. The summed E-state index contributed by atoms with van der Waals surface area (Å²) in [6, 6.07) is 3.64. The normalized spacial score (nSPS) is 30.4. The van der Waals surface area contributed by atoms with E-state index >= 15 is 0 Å². The van der Waals surface area contributed by atoms with Gasteiger partial charge in [0.2, 0.25) is 0 Å². The third kappa shape index (κ3) is 3.85. The Balaban J connectivity index is 1.68. The van der Waals surface area contributed by atoms with Crippen molar-refractivity contribution < 1.29 is 49.4 Å². The summed E-state index contributed by atoms with van der Waals surface area (Å²) in [5.74, 6) is -3.43. The molecule has 1 saturated heterocycles. The molecular formula is C27H29NO10. The molecule has 6 atom stereocenters. The third-order valence-electron chi connectivity index (χ3n) is 7.87. The minimum absolute atomic E-state index is 0.0497. The van der Waals surface area contributed by atoms with Crippen LogP contribution >= 0.6 is 0 Å². The number of benzene rings is 2. The summed E-state index contributed by atoms with van der Waals surface area (Å²) < 4.78 is 11.8. The molecule has 5 rings (SSSR count). The van der Waals surface area contributed by atoms with Gasteiger partial charge in [0.05, 0.1) is 36.0 Å². The van der Waals surface area contributed by atoms with Gasteiger partial charge in [-0.15, -0.1) is 0 Å². The van der Waals surface area contributed by atoms with E-state index in [9.17, 15) is 39.9 Å². The highest BCUT2D eigenvalue weighted by Gasteiger charge is 2.49. The number of nitrogens with two attached hydrogens (primary N) is 1. The number of phenols is 2. The summed E-state index contributed by atoms with van der Waals surface area (Å²) in [7, 11) is 0. The van der Waals surface area contributed by atoms with Crippen LogP contribution in [-0.4, -0.2) is 73.0 Å². The van der Waals surface area contributed by atoms with Crippen molar-refractivity contribution in [3.63, 3.8) is 0 Å². The Kier molecular flexibility index (Phi) is 6.41. The van der Waals surface area contributed by atoms with E-state index in [2.05, 4.69) is 0 Å². The predicted molar refractivity (Wildman–Crippen MR) is 130 cm³/mol. The van der Waals surface area contributed by atoms with Gasteiger partial charge in [0.25, 0.3) is 0 Å². The number of ketones is 3. The number of carbonyl (C=O) groups excluding carboxylic acids is 3. The Morgan fingerprint density at radius 1 is 1.16 bits per heavy atom. The zero-order valence-corrected chi connectivity index (χ0v) is 20.8. The lowest BCUT2D eigenvalue weighted by Gasteiger charge is -2.42. The van der Waals surface area contributed by atoms with Crippen LogP contribution in [0.5, 0.6) is 11.5 Å². The maximum absolute atomic E-state index is 13.6. The number of hydrogen-bond acceptors (Lipinski definition) is 11. The van der Waals surface area contributed by atoms with Crippen LogP contribution < -0.4 is 5.73 Å². The zero-order chi connectivity index (χ0) is 27.7. The number of phenolic OH excluding ortho intramolecular Hbond substituents is 2. The van der Waals surface area contributed by atoms with E-state index in [0.717, 1.165) is 0 Å². The molecule has 0 spiro atoms. The third-order valence-corrected chi connectivity index (χ3v) is 7.87. The average molecular weight is 528 g/mol. The first-order valence-corrected chi connectivity index (χ1v) is 12.3. The molecule has 202 valence electrons. The summed E-state index contributed by atoms with van der Waals surface area (Å²) in [6.07, 6.45) is -4.62. The molecule has 4 unspecified atom stereocenters. The molecule has 1 fully saturated rings. The summed E-state index contributed by atoms with van der Waals surface area (Å²) in [5.41, 5.74) is 2.97. The first kappa shape index (κ1) is 26.4. The molecule has 2 aromatic rings. The van der Waals surface area contributed by atoms with Crippen LogP contribution in [0.4, 0.5) is 0 Å². The number of aromatic hydroxyl groups is 2. The topological polar surface area (TPSA) is 197 Å². The summed E-state index contributed by atoms with van der Waals surface area (Å²) in [5, 5.41) is 53.8. The molecule has 0 saturated carbocycles. The van der Waals surface area contributed by atoms with E-state index in [-0.39, 0.29) is 40.7 Å². The Morgan fingerprint density at radius 3 is 2.47 bits per heavy atom. The minimum atomic E-state index is -2.01. The van der Waals surface area contributed by atoms with E-state index in [0.29, 0.717) is 0 Å². The van der Waals surface area contributed by atoms with Crippen LogP contribution in [0.2, 0.25) is 0 Å². The summed E-state index contributed by atoms with van der Waals surface area (Å²) in [4.78, 5) is 39.5. The molecule has 1 heterocycles. The van der Waals surface area contributed by atoms with Gasteiger partial charge in [-0.1, -0.05) is 18.2 Å². The Hall–Kier alpha value is -3.19. The number of Topliss-reactive ketones (excluding diaryl/α,β-unsaturated/α-hetero) is 1. The molecular weight excluding hydrogens is 498 g/mol. The number of ether oxygens (including phenoxy) is 2. The quantitative estimate of drug-likeness (QED) is 0.259. The van der Waals surface area contributed by atoms with Gasteiger partial charge in [-0.2, -0.15) is 0 Å². The second kappa shape index (κ2) is 9.23. The summed E-state index contributed by atoms with van der Waals surface area (Å²) in [6.45, 7) is 2.24. The second-order valence-corrected chi connectivity index (χ2v) is 10.2. The molecule has 2 aliphatic carbocycles. The van der Waals surface area contributed by atoms with Gasteiger partial charge in [-0.3, -0.25) is 14.4 Å². The number of hydrogen-bond donors (Lipinski definition) is 6. The van der Waals surface area contributed by atoms with E-state index in [1.165, 1.54) is 25.1 Å².